The van der Waals surface area contributed by atoms with Gasteiger partial charge in [-0.15, -0.1) is 0 Å². The van der Waals surface area contributed by atoms with Crippen LogP contribution in [0.15, 0.2) is 23.2 Å². The van der Waals surface area contributed by atoms with Gasteiger partial charge in [0.25, 0.3) is 0 Å². The molecular weight excluding hydrogens is 262 g/mol. The first-order valence-corrected chi connectivity index (χ1v) is 8.30. The zero-order valence-corrected chi connectivity index (χ0v) is 12.9. The predicted octanol–water partition coefficient (Wildman–Crippen LogP) is 1.63. The van der Waals surface area contributed by atoms with Crippen molar-refractivity contribution in [2.75, 3.05) is 31.7 Å². The Morgan fingerprint density at radius 1 is 1.42 bits per heavy atom. The van der Waals surface area contributed by atoms with Crippen molar-refractivity contribution in [3.63, 3.8) is 0 Å². The maximum Gasteiger partial charge on any atom is 0.179 e. The van der Waals surface area contributed by atoms with Crippen molar-refractivity contribution < 1.29 is 8.42 Å². The highest BCUT2D eigenvalue weighted by atomic mass is 32.2. The molecule has 0 bridgehead atoms. The van der Waals surface area contributed by atoms with E-state index in [4.69, 9.17) is 0 Å². The lowest BCUT2D eigenvalue weighted by atomic mass is 10.3. The summed E-state index contributed by atoms with van der Waals surface area (Å²) in [6.07, 6.45) is 3.73. The fourth-order valence-corrected chi connectivity index (χ4v) is 2.42. The normalized spacial score (nSPS) is 12.1. The Morgan fingerprint density at radius 2 is 2.11 bits per heavy atom. The summed E-state index contributed by atoms with van der Waals surface area (Å²) in [6, 6.07) is 3.72. The van der Waals surface area contributed by atoms with Crippen LogP contribution in [0.4, 0.5) is 5.82 Å². The summed E-state index contributed by atoms with van der Waals surface area (Å²) in [5.74, 6) is 0.442. The smallest absolute Gasteiger partial charge is 0.179 e. The largest absolute Gasteiger partial charge is 0.369 e. The van der Waals surface area contributed by atoms with E-state index in [1.807, 2.05) is 0 Å². The average molecular weight is 285 g/mol. The standard InChI is InChI=1S/C13H23N3O2S/c1-11(2)16(3)10-6-9-15-13-12(19(4,17)18)7-5-8-14-13/h5,7-8,11H,6,9-10H2,1-4H3,(H,14,15). The molecule has 0 saturated heterocycles. The van der Waals surface area contributed by atoms with Crippen molar-refractivity contribution in [1.82, 2.24) is 9.88 Å². The van der Waals surface area contributed by atoms with Gasteiger partial charge in [-0.05, 0) is 46.0 Å². The van der Waals surface area contributed by atoms with Crippen LogP contribution in [0.1, 0.15) is 20.3 Å². The van der Waals surface area contributed by atoms with E-state index >= 15 is 0 Å². The molecule has 1 rings (SSSR count). The van der Waals surface area contributed by atoms with Gasteiger partial charge in [0.05, 0.1) is 0 Å². The molecule has 5 nitrogen and oxygen atoms in total. The van der Waals surface area contributed by atoms with Gasteiger partial charge in [-0.1, -0.05) is 0 Å². The second kappa shape index (κ2) is 6.86. The summed E-state index contributed by atoms with van der Waals surface area (Å²) in [4.78, 5) is 6.60. The molecule has 1 aromatic rings. The van der Waals surface area contributed by atoms with Gasteiger partial charge in [0.15, 0.2) is 9.84 Å². The van der Waals surface area contributed by atoms with Crippen LogP contribution in [0, 0.1) is 0 Å². The molecular formula is C13H23N3O2S. The Balaban J connectivity index is 2.55. The van der Waals surface area contributed by atoms with Crippen molar-refractivity contribution in [2.24, 2.45) is 0 Å². The van der Waals surface area contributed by atoms with Crippen LogP contribution in [0.25, 0.3) is 0 Å². The fourth-order valence-electron chi connectivity index (χ4n) is 1.62. The third-order valence-corrected chi connectivity index (χ3v) is 4.16. The topological polar surface area (TPSA) is 62.3 Å². The number of nitrogens with zero attached hydrogens (tertiary/aromatic N) is 2. The van der Waals surface area contributed by atoms with Crippen molar-refractivity contribution in [1.29, 1.82) is 0 Å². The van der Waals surface area contributed by atoms with Crippen LogP contribution in [0.3, 0.4) is 0 Å². The van der Waals surface area contributed by atoms with Crippen LogP contribution in [-0.2, 0) is 9.84 Å². The summed E-state index contributed by atoms with van der Waals surface area (Å²) in [5, 5.41) is 3.10. The van der Waals surface area contributed by atoms with Crippen LogP contribution in [0.5, 0.6) is 0 Å². The van der Waals surface area contributed by atoms with E-state index in [2.05, 4.69) is 36.1 Å². The van der Waals surface area contributed by atoms with Crippen molar-refractivity contribution >= 4 is 15.7 Å². The summed E-state index contributed by atoms with van der Waals surface area (Å²) in [5.41, 5.74) is 0. The lowest BCUT2D eigenvalue weighted by molar-refractivity contribution is 0.273. The quantitative estimate of drug-likeness (QED) is 0.771. The molecule has 0 aliphatic rings. The second-order valence-corrected chi connectivity index (χ2v) is 6.96. The number of aromatic nitrogens is 1. The minimum atomic E-state index is -3.24. The minimum absolute atomic E-state index is 0.257. The first kappa shape index (κ1) is 15.9. The zero-order valence-electron chi connectivity index (χ0n) is 12.0. The lowest BCUT2D eigenvalue weighted by Crippen LogP contribution is -2.28. The van der Waals surface area contributed by atoms with Crippen LogP contribution >= 0.6 is 0 Å². The van der Waals surface area contributed by atoms with Crippen LogP contribution in [0.2, 0.25) is 0 Å². The lowest BCUT2D eigenvalue weighted by Gasteiger charge is -2.20. The van der Waals surface area contributed by atoms with Crippen LogP contribution in [-0.4, -0.2) is 50.7 Å². The molecule has 0 aromatic carbocycles. The van der Waals surface area contributed by atoms with E-state index < -0.39 is 9.84 Å². The van der Waals surface area contributed by atoms with Gasteiger partial charge in [0, 0.05) is 25.0 Å². The van der Waals surface area contributed by atoms with E-state index in [1.54, 1.807) is 18.3 Å². The van der Waals surface area contributed by atoms with Crippen molar-refractivity contribution in [2.45, 2.75) is 31.2 Å². The molecule has 0 unspecified atom stereocenters. The molecule has 0 radical (unpaired) electrons. The fraction of sp³-hybridized carbons (Fsp3) is 0.615. The number of anilines is 1. The Labute approximate surface area is 116 Å². The number of nitrogens with one attached hydrogen (secondary N) is 1. The van der Waals surface area contributed by atoms with Crippen molar-refractivity contribution in [3.8, 4) is 0 Å². The highest BCUT2D eigenvalue weighted by molar-refractivity contribution is 7.90. The molecule has 0 aliphatic heterocycles. The molecule has 19 heavy (non-hydrogen) atoms. The van der Waals surface area contributed by atoms with Gasteiger partial charge >= 0.3 is 0 Å². The molecule has 0 fully saturated rings. The predicted molar refractivity (Wildman–Crippen MR) is 78.2 cm³/mol. The molecule has 6 heteroatoms. The molecule has 0 aliphatic carbocycles. The molecule has 1 heterocycles. The summed E-state index contributed by atoms with van der Waals surface area (Å²) < 4.78 is 23.2. The summed E-state index contributed by atoms with van der Waals surface area (Å²) >= 11 is 0. The Hall–Kier alpha value is -1.14. The third kappa shape index (κ3) is 5.16. The number of hydrogen-bond donors (Lipinski definition) is 1. The van der Waals surface area contributed by atoms with E-state index in [0.29, 0.717) is 18.4 Å². The molecule has 0 saturated carbocycles. The molecule has 0 spiro atoms. The maximum absolute atomic E-state index is 11.6. The van der Waals surface area contributed by atoms with Gasteiger partial charge in [-0.3, -0.25) is 0 Å². The van der Waals surface area contributed by atoms with E-state index in [0.717, 1.165) is 13.0 Å². The van der Waals surface area contributed by atoms with Gasteiger partial charge < -0.3 is 10.2 Å². The zero-order chi connectivity index (χ0) is 14.5. The third-order valence-electron chi connectivity index (χ3n) is 3.03. The van der Waals surface area contributed by atoms with Gasteiger partial charge in [-0.2, -0.15) is 0 Å². The summed E-state index contributed by atoms with van der Waals surface area (Å²) in [7, 11) is -1.16. The molecule has 0 amide bonds. The highest BCUT2D eigenvalue weighted by Crippen LogP contribution is 2.17. The average Bonchev–Trinajstić information content (AvgIpc) is 2.33. The Morgan fingerprint density at radius 3 is 2.68 bits per heavy atom. The second-order valence-electron chi connectivity index (χ2n) is 4.98. The van der Waals surface area contributed by atoms with Gasteiger partial charge in [-0.25, -0.2) is 13.4 Å². The van der Waals surface area contributed by atoms with Crippen molar-refractivity contribution in [3.05, 3.63) is 18.3 Å². The Kier molecular flexibility index (Phi) is 5.75. The number of pyridine rings is 1. The van der Waals surface area contributed by atoms with Gasteiger partial charge in [0.2, 0.25) is 0 Å². The highest BCUT2D eigenvalue weighted by Gasteiger charge is 2.13. The van der Waals surface area contributed by atoms with Gasteiger partial charge in [0.1, 0.15) is 10.7 Å². The van der Waals surface area contributed by atoms with E-state index in [1.165, 1.54) is 6.26 Å². The SMILES string of the molecule is CC(C)N(C)CCCNc1ncccc1S(C)(=O)=O. The minimum Gasteiger partial charge on any atom is -0.369 e. The number of sulfone groups is 1. The monoisotopic (exact) mass is 285 g/mol. The first-order chi connectivity index (χ1) is 8.82. The maximum atomic E-state index is 11.6. The first-order valence-electron chi connectivity index (χ1n) is 6.41. The van der Waals surface area contributed by atoms with E-state index in [9.17, 15) is 8.42 Å². The number of hydrogen-bond acceptors (Lipinski definition) is 5. The Bertz CT molecular complexity index is 500. The summed E-state index contributed by atoms with van der Waals surface area (Å²) in [6.45, 7) is 5.96. The molecule has 0 atom stereocenters. The number of rotatable bonds is 7. The van der Waals surface area contributed by atoms with Crippen LogP contribution < -0.4 is 5.32 Å². The van der Waals surface area contributed by atoms with E-state index in [-0.39, 0.29) is 4.90 Å². The molecule has 1 aromatic heterocycles. The molecule has 108 valence electrons. The molecule has 1 N–H and O–H groups in total.